The number of nitriles is 1. The molecule has 1 aromatic rings. The van der Waals surface area contributed by atoms with Crippen molar-refractivity contribution in [3.8, 4) is 6.07 Å². The molecule has 102 valence electrons. The third-order valence-corrected chi connectivity index (χ3v) is 4.42. The first kappa shape index (κ1) is 13.9. The Morgan fingerprint density at radius 3 is 2.05 bits per heavy atom. The van der Waals surface area contributed by atoms with E-state index in [1.807, 2.05) is 0 Å². The maximum Gasteiger partial charge on any atom is 0.0655 e. The van der Waals surface area contributed by atoms with E-state index in [0.29, 0.717) is 6.04 Å². The Bertz CT molecular complexity index is 467. The molecule has 19 heavy (non-hydrogen) atoms. The van der Waals surface area contributed by atoms with E-state index in [-0.39, 0.29) is 5.92 Å². The van der Waals surface area contributed by atoms with E-state index in [1.54, 1.807) is 0 Å². The van der Waals surface area contributed by atoms with E-state index in [0.717, 1.165) is 25.7 Å². The molecule has 0 bridgehead atoms. The molecule has 1 aliphatic rings. The Morgan fingerprint density at radius 2 is 1.58 bits per heavy atom. The van der Waals surface area contributed by atoms with Crippen LogP contribution in [0.25, 0.3) is 0 Å². The molecule has 0 radical (unpaired) electrons. The van der Waals surface area contributed by atoms with Crippen LogP contribution in [0.15, 0.2) is 12.1 Å². The molecule has 0 heterocycles. The largest absolute Gasteiger partial charge is 0.371 e. The van der Waals surface area contributed by atoms with Gasteiger partial charge in [-0.3, -0.25) is 0 Å². The second-order valence-electron chi connectivity index (χ2n) is 5.99. The molecular weight excluding hydrogens is 232 g/mol. The standard InChI is InChI=1S/C17H24N2/c1-12-9-13(2)17(14(3)10-12)19(4)16-7-5-15(11-18)6-8-16/h9-10,15-16H,5-8H2,1-4H3. The minimum absolute atomic E-state index is 0.282. The van der Waals surface area contributed by atoms with Crippen LogP contribution in [0.3, 0.4) is 0 Å². The first-order valence-corrected chi connectivity index (χ1v) is 7.23. The summed E-state index contributed by atoms with van der Waals surface area (Å²) in [6, 6.07) is 7.53. The Labute approximate surface area is 117 Å². The van der Waals surface area contributed by atoms with Gasteiger partial charge in [0, 0.05) is 24.7 Å². The molecule has 2 heteroatoms. The molecule has 2 rings (SSSR count). The predicted molar refractivity (Wildman–Crippen MR) is 80.4 cm³/mol. The van der Waals surface area contributed by atoms with Gasteiger partial charge >= 0.3 is 0 Å². The highest BCUT2D eigenvalue weighted by molar-refractivity contribution is 5.60. The van der Waals surface area contributed by atoms with E-state index >= 15 is 0 Å². The summed E-state index contributed by atoms with van der Waals surface area (Å²) >= 11 is 0. The normalized spacial score (nSPS) is 22.9. The highest BCUT2D eigenvalue weighted by Crippen LogP contribution is 2.33. The van der Waals surface area contributed by atoms with Gasteiger partial charge < -0.3 is 4.90 Å². The van der Waals surface area contributed by atoms with Gasteiger partial charge in [-0.1, -0.05) is 17.7 Å². The van der Waals surface area contributed by atoms with Crippen LogP contribution in [0, 0.1) is 38.0 Å². The molecule has 0 saturated heterocycles. The van der Waals surface area contributed by atoms with Crippen LogP contribution >= 0.6 is 0 Å². The summed E-state index contributed by atoms with van der Waals surface area (Å²) in [7, 11) is 2.21. The van der Waals surface area contributed by atoms with Gasteiger partial charge in [0.05, 0.1) is 6.07 Å². The van der Waals surface area contributed by atoms with Crippen LogP contribution in [-0.2, 0) is 0 Å². The van der Waals surface area contributed by atoms with Crippen molar-refractivity contribution < 1.29 is 0 Å². The van der Waals surface area contributed by atoms with Gasteiger partial charge in [0.2, 0.25) is 0 Å². The first-order chi connectivity index (χ1) is 9.02. The Morgan fingerprint density at radius 1 is 1.05 bits per heavy atom. The molecule has 0 amide bonds. The summed E-state index contributed by atoms with van der Waals surface area (Å²) < 4.78 is 0. The number of hydrogen-bond donors (Lipinski definition) is 0. The van der Waals surface area contributed by atoms with E-state index in [9.17, 15) is 0 Å². The summed E-state index contributed by atoms with van der Waals surface area (Å²) in [4.78, 5) is 2.44. The minimum atomic E-state index is 0.282. The molecule has 0 unspecified atom stereocenters. The molecule has 1 aliphatic carbocycles. The van der Waals surface area contributed by atoms with Gasteiger partial charge in [0.25, 0.3) is 0 Å². The molecule has 0 aliphatic heterocycles. The summed E-state index contributed by atoms with van der Waals surface area (Å²) in [5.74, 6) is 0.282. The van der Waals surface area contributed by atoms with Crippen molar-refractivity contribution in [1.29, 1.82) is 5.26 Å². The molecular formula is C17H24N2. The summed E-state index contributed by atoms with van der Waals surface area (Å²) in [6.45, 7) is 6.56. The lowest BCUT2D eigenvalue weighted by molar-refractivity contribution is 0.372. The highest BCUT2D eigenvalue weighted by Gasteiger charge is 2.25. The Hall–Kier alpha value is -1.49. The first-order valence-electron chi connectivity index (χ1n) is 7.23. The Kier molecular flexibility index (Phi) is 4.14. The van der Waals surface area contributed by atoms with Crippen molar-refractivity contribution in [3.63, 3.8) is 0 Å². The fourth-order valence-corrected chi connectivity index (χ4v) is 3.50. The monoisotopic (exact) mass is 256 g/mol. The zero-order chi connectivity index (χ0) is 14.0. The zero-order valence-electron chi connectivity index (χ0n) is 12.5. The van der Waals surface area contributed by atoms with E-state index < -0.39 is 0 Å². The smallest absolute Gasteiger partial charge is 0.0655 e. The molecule has 2 nitrogen and oxygen atoms in total. The lowest BCUT2D eigenvalue weighted by Crippen LogP contribution is -2.35. The summed E-state index contributed by atoms with van der Waals surface area (Å²) in [5.41, 5.74) is 5.44. The van der Waals surface area contributed by atoms with Crippen molar-refractivity contribution in [3.05, 3.63) is 28.8 Å². The van der Waals surface area contributed by atoms with Crippen LogP contribution in [0.1, 0.15) is 42.4 Å². The topological polar surface area (TPSA) is 27.0 Å². The van der Waals surface area contributed by atoms with E-state index in [2.05, 4.69) is 50.9 Å². The van der Waals surface area contributed by atoms with Crippen molar-refractivity contribution >= 4 is 5.69 Å². The fraction of sp³-hybridized carbons (Fsp3) is 0.588. The average Bonchev–Trinajstić information content (AvgIpc) is 2.37. The van der Waals surface area contributed by atoms with Crippen molar-refractivity contribution in [1.82, 2.24) is 0 Å². The van der Waals surface area contributed by atoms with Gasteiger partial charge in [-0.25, -0.2) is 0 Å². The van der Waals surface area contributed by atoms with Crippen LogP contribution in [0.2, 0.25) is 0 Å². The minimum Gasteiger partial charge on any atom is -0.371 e. The molecule has 1 aromatic carbocycles. The maximum atomic E-state index is 8.99. The predicted octanol–water partition coefficient (Wildman–Crippen LogP) is 4.13. The third kappa shape index (κ3) is 2.92. The lowest BCUT2D eigenvalue weighted by atomic mass is 9.86. The van der Waals surface area contributed by atoms with Crippen LogP contribution < -0.4 is 4.90 Å². The molecule has 0 aromatic heterocycles. The van der Waals surface area contributed by atoms with Gasteiger partial charge in [-0.2, -0.15) is 5.26 Å². The SMILES string of the molecule is Cc1cc(C)c(N(C)C2CCC(C#N)CC2)c(C)c1. The van der Waals surface area contributed by atoms with Gasteiger partial charge in [0.1, 0.15) is 0 Å². The summed E-state index contributed by atoms with van der Waals surface area (Å²) in [5, 5.41) is 8.99. The van der Waals surface area contributed by atoms with Crippen LogP contribution in [-0.4, -0.2) is 13.1 Å². The number of nitrogens with zero attached hydrogens (tertiary/aromatic N) is 2. The lowest BCUT2D eigenvalue weighted by Gasteiger charge is -2.36. The fourth-order valence-electron chi connectivity index (χ4n) is 3.50. The number of benzene rings is 1. The maximum absolute atomic E-state index is 8.99. The third-order valence-electron chi connectivity index (χ3n) is 4.42. The molecule has 0 atom stereocenters. The molecule has 1 saturated carbocycles. The van der Waals surface area contributed by atoms with Crippen LogP contribution in [0.5, 0.6) is 0 Å². The Balaban J connectivity index is 2.17. The zero-order valence-corrected chi connectivity index (χ0v) is 12.5. The number of anilines is 1. The van der Waals surface area contributed by atoms with Crippen molar-refractivity contribution in [2.75, 3.05) is 11.9 Å². The van der Waals surface area contributed by atoms with Crippen molar-refractivity contribution in [2.24, 2.45) is 5.92 Å². The molecule has 1 fully saturated rings. The van der Waals surface area contributed by atoms with E-state index in [4.69, 9.17) is 5.26 Å². The second-order valence-corrected chi connectivity index (χ2v) is 5.99. The highest BCUT2D eigenvalue weighted by atomic mass is 15.1. The second kappa shape index (κ2) is 5.65. The number of hydrogen-bond acceptors (Lipinski definition) is 2. The number of rotatable bonds is 2. The van der Waals surface area contributed by atoms with Gasteiger partial charge in [0.15, 0.2) is 0 Å². The van der Waals surface area contributed by atoms with Gasteiger partial charge in [-0.15, -0.1) is 0 Å². The average molecular weight is 256 g/mol. The van der Waals surface area contributed by atoms with E-state index in [1.165, 1.54) is 22.4 Å². The van der Waals surface area contributed by atoms with Crippen molar-refractivity contribution in [2.45, 2.75) is 52.5 Å². The number of aryl methyl sites for hydroxylation is 3. The quantitative estimate of drug-likeness (QED) is 0.795. The molecule has 0 N–H and O–H groups in total. The summed E-state index contributed by atoms with van der Waals surface area (Å²) in [6.07, 6.45) is 4.38. The van der Waals surface area contributed by atoms with Crippen LogP contribution in [0.4, 0.5) is 5.69 Å². The molecule has 0 spiro atoms. The van der Waals surface area contributed by atoms with Gasteiger partial charge in [-0.05, 0) is 57.6 Å².